The average Bonchev–Trinajstić information content (AvgIpc) is 3.04. The van der Waals surface area contributed by atoms with Crippen molar-refractivity contribution in [2.75, 3.05) is 5.32 Å². The van der Waals surface area contributed by atoms with Gasteiger partial charge in [-0.2, -0.15) is 0 Å². The quantitative estimate of drug-likeness (QED) is 0.626. The van der Waals surface area contributed by atoms with Gasteiger partial charge in [0, 0.05) is 16.8 Å². The minimum Gasteiger partial charge on any atom is -0.491 e. The smallest absolute Gasteiger partial charge is 0.171 e. The highest BCUT2D eigenvalue weighted by atomic mass is 35.5. The molecule has 0 heterocycles. The summed E-state index contributed by atoms with van der Waals surface area (Å²) in [7, 11) is 0. The van der Waals surface area contributed by atoms with Crippen LogP contribution in [0.15, 0.2) is 48.5 Å². The molecule has 3 rings (SSSR count). The number of halogens is 1. The molecule has 5 heteroatoms. The Hall–Kier alpha value is -1.78. The zero-order valence-corrected chi connectivity index (χ0v) is 16.8. The van der Waals surface area contributed by atoms with Crippen LogP contribution >= 0.6 is 23.8 Å². The predicted octanol–water partition coefficient (Wildman–Crippen LogP) is 5.88. The van der Waals surface area contributed by atoms with Crippen molar-refractivity contribution in [3.8, 4) is 5.75 Å². The van der Waals surface area contributed by atoms with Gasteiger partial charge in [0.15, 0.2) is 5.11 Å². The molecule has 0 aliphatic heterocycles. The highest BCUT2D eigenvalue weighted by Gasteiger charge is 2.37. The van der Waals surface area contributed by atoms with E-state index in [1.807, 2.05) is 56.3 Å². The Morgan fingerprint density at radius 3 is 2.54 bits per heavy atom. The molecule has 2 aromatic carbocycles. The number of rotatable bonds is 5. The third kappa shape index (κ3) is 4.49. The molecule has 0 radical (unpaired) electrons. The van der Waals surface area contributed by atoms with E-state index in [-0.39, 0.29) is 11.6 Å². The molecule has 0 bridgehead atoms. The minimum absolute atomic E-state index is 0.136. The Balaban J connectivity index is 1.75. The first kappa shape index (κ1) is 19.0. The molecule has 1 saturated carbocycles. The second-order valence-corrected chi connectivity index (χ2v) is 7.86. The largest absolute Gasteiger partial charge is 0.491 e. The number of ether oxygens (including phenoxy) is 1. The van der Waals surface area contributed by atoms with Gasteiger partial charge in [-0.15, -0.1) is 0 Å². The van der Waals surface area contributed by atoms with Gasteiger partial charge in [0.25, 0.3) is 0 Å². The Morgan fingerprint density at radius 2 is 1.85 bits per heavy atom. The van der Waals surface area contributed by atoms with Crippen LogP contribution in [0.4, 0.5) is 5.69 Å². The first-order chi connectivity index (χ1) is 12.5. The fourth-order valence-corrected chi connectivity index (χ4v) is 4.22. The van der Waals surface area contributed by atoms with Crippen molar-refractivity contribution >= 4 is 34.6 Å². The summed E-state index contributed by atoms with van der Waals surface area (Å²) in [4.78, 5) is 0. The molecule has 3 nitrogen and oxygen atoms in total. The lowest BCUT2D eigenvalue weighted by atomic mass is 9.88. The predicted molar refractivity (Wildman–Crippen MR) is 113 cm³/mol. The molecule has 0 saturated heterocycles. The first-order valence-electron chi connectivity index (χ1n) is 9.09. The summed E-state index contributed by atoms with van der Waals surface area (Å²) in [5.74, 6) is 0.828. The molecule has 1 fully saturated rings. The monoisotopic (exact) mass is 388 g/mol. The van der Waals surface area contributed by atoms with Gasteiger partial charge in [-0.05, 0) is 62.7 Å². The topological polar surface area (TPSA) is 33.3 Å². The lowest BCUT2D eigenvalue weighted by Crippen LogP contribution is -2.45. The fraction of sp³-hybridized carbons (Fsp3) is 0.381. The second kappa shape index (κ2) is 8.28. The van der Waals surface area contributed by atoms with Gasteiger partial charge >= 0.3 is 0 Å². The van der Waals surface area contributed by atoms with Gasteiger partial charge in [0.2, 0.25) is 0 Å². The lowest BCUT2D eigenvalue weighted by molar-refractivity contribution is 0.242. The van der Waals surface area contributed by atoms with Crippen molar-refractivity contribution in [3.63, 3.8) is 0 Å². The summed E-state index contributed by atoms with van der Waals surface area (Å²) < 4.78 is 5.75. The van der Waals surface area contributed by atoms with E-state index in [1.165, 1.54) is 12.8 Å². The van der Waals surface area contributed by atoms with Gasteiger partial charge in [-0.25, -0.2) is 0 Å². The summed E-state index contributed by atoms with van der Waals surface area (Å²) in [6.45, 7) is 4.03. The van der Waals surface area contributed by atoms with Crippen LogP contribution in [0, 0.1) is 0 Å². The summed E-state index contributed by atoms with van der Waals surface area (Å²) in [5.41, 5.74) is 1.84. The minimum atomic E-state index is -0.200. The van der Waals surface area contributed by atoms with Crippen LogP contribution in [0.5, 0.6) is 5.75 Å². The highest BCUT2D eigenvalue weighted by Crippen LogP contribution is 2.41. The highest BCUT2D eigenvalue weighted by molar-refractivity contribution is 7.80. The van der Waals surface area contributed by atoms with Crippen LogP contribution in [-0.2, 0) is 5.54 Å². The molecule has 0 atom stereocenters. The summed E-state index contributed by atoms with van der Waals surface area (Å²) in [6, 6.07) is 15.9. The van der Waals surface area contributed by atoms with Crippen molar-refractivity contribution in [1.29, 1.82) is 0 Å². The zero-order valence-electron chi connectivity index (χ0n) is 15.2. The van der Waals surface area contributed by atoms with Crippen LogP contribution < -0.4 is 15.4 Å². The van der Waals surface area contributed by atoms with Crippen LogP contribution in [0.2, 0.25) is 5.02 Å². The maximum absolute atomic E-state index is 6.49. The van der Waals surface area contributed by atoms with Crippen LogP contribution in [0.1, 0.15) is 45.1 Å². The van der Waals surface area contributed by atoms with Gasteiger partial charge in [-0.3, -0.25) is 0 Å². The molecule has 0 amide bonds. The van der Waals surface area contributed by atoms with E-state index in [1.54, 1.807) is 0 Å². The Labute approximate surface area is 166 Å². The van der Waals surface area contributed by atoms with Gasteiger partial charge in [-0.1, -0.05) is 48.7 Å². The van der Waals surface area contributed by atoms with E-state index in [4.69, 9.17) is 28.6 Å². The normalized spacial score (nSPS) is 15.7. The molecule has 0 unspecified atom stereocenters. The van der Waals surface area contributed by atoms with Crippen molar-refractivity contribution in [1.82, 2.24) is 5.32 Å². The number of hydrogen-bond donors (Lipinski definition) is 2. The van der Waals surface area contributed by atoms with E-state index in [2.05, 4.69) is 16.7 Å². The van der Waals surface area contributed by atoms with Gasteiger partial charge < -0.3 is 15.4 Å². The maximum atomic E-state index is 6.49. The SMILES string of the molecule is CC(C)Oc1cccc(NC(=S)NC2(c3ccccc3Cl)CCCC2)c1. The lowest BCUT2D eigenvalue weighted by Gasteiger charge is -2.33. The first-order valence-corrected chi connectivity index (χ1v) is 9.88. The Bertz CT molecular complexity index is 772. The number of hydrogen-bond acceptors (Lipinski definition) is 2. The summed E-state index contributed by atoms with van der Waals surface area (Å²) >= 11 is 12.1. The molecular formula is C21H25ClN2OS. The molecule has 0 spiro atoms. The van der Waals surface area contributed by atoms with Crippen LogP contribution in [0.25, 0.3) is 0 Å². The van der Waals surface area contributed by atoms with Crippen molar-refractivity contribution < 1.29 is 4.74 Å². The van der Waals surface area contributed by atoms with Crippen molar-refractivity contribution in [2.45, 2.75) is 51.2 Å². The Morgan fingerprint density at radius 1 is 1.12 bits per heavy atom. The molecule has 0 aromatic heterocycles. The standard InChI is InChI=1S/C21H25ClN2OS/c1-15(2)25-17-9-7-8-16(14-17)23-20(26)24-21(12-5-6-13-21)18-10-3-4-11-19(18)22/h3-4,7-11,14-15H,5-6,12-13H2,1-2H3,(H2,23,24,26). The average molecular weight is 389 g/mol. The molecule has 1 aliphatic rings. The van der Waals surface area contributed by atoms with Crippen LogP contribution in [-0.4, -0.2) is 11.2 Å². The Kier molecular flexibility index (Phi) is 6.05. The molecule has 2 N–H and O–H groups in total. The third-order valence-corrected chi connectivity index (χ3v) is 5.20. The van der Waals surface area contributed by atoms with E-state index < -0.39 is 0 Å². The molecule has 1 aliphatic carbocycles. The zero-order chi connectivity index (χ0) is 18.6. The van der Waals surface area contributed by atoms with E-state index >= 15 is 0 Å². The molecule has 138 valence electrons. The van der Waals surface area contributed by atoms with E-state index in [0.29, 0.717) is 5.11 Å². The number of benzene rings is 2. The summed E-state index contributed by atoms with van der Waals surface area (Å²) in [6.07, 6.45) is 4.51. The number of thiocarbonyl (C=S) groups is 1. The molecule has 2 aromatic rings. The maximum Gasteiger partial charge on any atom is 0.171 e. The molecular weight excluding hydrogens is 364 g/mol. The van der Waals surface area contributed by atoms with E-state index in [0.717, 1.165) is 34.9 Å². The molecule has 26 heavy (non-hydrogen) atoms. The number of anilines is 1. The van der Waals surface area contributed by atoms with Gasteiger partial charge in [0.1, 0.15) is 5.75 Å². The second-order valence-electron chi connectivity index (χ2n) is 7.04. The van der Waals surface area contributed by atoms with Gasteiger partial charge in [0.05, 0.1) is 11.6 Å². The fourth-order valence-electron chi connectivity index (χ4n) is 3.59. The summed E-state index contributed by atoms with van der Waals surface area (Å²) in [5, 5.41) is 8.24. The van der Waals surface area contributed by atoms with E-state index in [9.17, 15) is 0 Å². The van der Waals surface area contributed by atoms with Crippen LogP contribution in [0.3, 0.4) is 0 Å². The third-order valence-electron chi connectivity index (χ3n) is 4.66. The van der Waals surface area contributed by atoms with Crippen molar-refractivity contribution in [3.05, 3.63) is 59.1 Å². The van der Waals surface area contributed by atoms with Crippen molar-refractivity contribution in [2.24, 2.45) is 0 Å². The number of nitrogens with one attached hydrogen (secondary N) is 2.